The molecule has 4 N–H and O–H groups in total. The smallest absolute Gasteiger partial charge is 0.291 e. The van der Waals surface area contributed by atoms with Crippen LogP contribution in [-0.4, -0.2) is 53.0 Å². The minimum atomic E-state index is -0.845. The van der Waals surface area contributed by atoms with Crippen LogP contribution in [-0.2, 0) is 4.79 Å². The molecule has 2 unspecified atom stereocenters. The van der Waals surface area contributed by atoms with Gasteiger partial charge in [0.05, 0.1) is 10.6 Å². The fourth-order valence-corrected chi connectivity index (χ4v) is 3.79. The summed E-state index contributed by atoms with van der Waals surface area (Å²) in [6.07, 6.45) is -0.420. The third kappa shape index (κ3) is 7.38. The van der Waals surface area contributed by atoms with E-state index in [0.29, 0.717) is 13.0 Å². The number of rotatable bonds is 11. The van der Waals surface area contributed by atoms with Gasteiger partial charge in [0, 0.05) is 42.7 Å². The number of nitrogens with one attached hydrogen (secondary N) is 3. The van der Waals surface area contributed by atoms with Crippen molar-refractivity contribution in [2.75, 3.05) is 25.0 Å². The predicted molar refractivity (Wildman–Crippen MR) is 135 cm³/mol. The predicted octanol–water partition coefficient (Wildman–Crippen LogP) is 3.33. The van der Waals surface area contributed by atoms with Crippen molar-refractivity contribution in [2.24, 2.45) is 11.0 Å². The van der Waals surface area contributed by atoms with Crippen LogP contribution in [0, 0.1) is 16.0 Å². The van der Waals surface area contributed by atoms with Crippen molar-refractivity contribution in [3.63, 3.8) is 0 Å². The maximum atomic E-state index is 11.4. The first-order valence-electron chi connectivity index (χ1n) is 11.3. The molecule has 188 valence electrons. The third-order valence-corrected chi connectivity index (χ3v) is 5.94. The van der Waals surface area contributed by atoms with Gasteiger partial charge < -0.3 is 20.5 Å². The van der Waals surface area contributed by atoms with Crippen LogP contribution in [0.15, 0.2) is 47.6 Å². The molecule has 11 heteroatoms. The highest BCUT2D eigenvalue weighted by atomic mass is 35.5. The highest BCUT2D eigenvalue weighted by Gasteiger charge is 2.22. The van der Waals surface area contributed by atoms with E-state index in [4.69, 9.17) is 16.3 Å². The van der Waals surface area contributed by atoms with Crippen molar-refractivity contribution in [1.82, 2.24) is 10.7 Å². The molecule has 35 heavy (non-hydrogen) atoms. The van der Waals surface area contributed by atoms with E-state index in [-0.39, 0.29) is 47.0 Å². The van der Waals surface area contributed by atoms with Gasteiger partial charge in [-0.05, 0) is 37.6 Å². The molecule has 0 spiro atoms. The van der Waals surface area contributed by atoms with Crippen LogP contribution in [0.1, 0.15) is 32.8 Å². The van der Waals surface area contributed by atoms with Crippen LogP contribution < -0.4 is 20.8 Å². The van der Waals surface area contributed by atoms with Gasteiger partial charge in [-0.3, -0.25) is 14.9 Å². The highest BCUT2D eigenvalue weighted by Crippen LogP contribution is 2.33. The second-order valence-corrected chi connectivity index (χ2v) is 9.52. The fourth-order valence-electron chi connectivity index (χ4n) is 3.54. The van der Waals surface area contributed by atoms with Gasteiger partial charge in [-0.1, -0.05) is 36.7 Å². The molecule has 1 amide bonds. The third-order valence-electron chi connectivity index (χ3n) is 5.56. The van der Waals surface area contributed by atoms with Gasteiger partial charge >= 0.3 is 0 Å². The number of benzene rings is 2. The first kappa shape index (κ1) is 26.4. The van der Waals surface area contributed by atoms with E-state index in [1.807, 2.05) is 45.0 Å². The van der Waals surface area contributed by atoms with Crippen molar-refractivity contribution in [2.45, 2.75) is 38.8 Å². The van der Waals surface area contributed by atoms with Crippen LogP contribution in [0.5, 0.6) is 5.75 Å². The van der Waals surface area contributed by atoms with E-state index in [1.54, 1.807) is 0 Å². The van der Waals surface area contributed by atoms with Gasteiger partial charge in [0.2, 0.25) is 5.91 Å². The zero-order valence-electron chi connectivity index (χ0n) is 19.9. The molecule has 2 aromatic carbocycles. The number of aliphatic hydroxyl groups is 1. The molecule has 0 saturated heterocycles. The molecule has 2 aromatic rings. The first-order chi connectivity index (χ1) is 16.6. The molecule has 0 fully saturated rings. The first-order valence-corrected chi connectivity index (χ1v) is 11.6. The van der Waals surface area contributed by atoms with Crippen LogP contribution in [0.3, 0.4) is 0 Å². The zero-order chi connectivity index (χ0) is 25.6. The lowest BCUT2D eigenvalue weighted by Gasteiger charge is -2.28. The monoisotopic (exact) mass is 503 g/mol. The Morgan fingerprint density at radius 2 is 2.03 bits per heavy atom. The van der Waals surface area contributed by atoms with Crippen LogP contribution in [0.25, 0.3) is 0 Å². The minimum absolute atomic E-state index is 0.0640. The quantitative estimate of drug-likeness (QED) is 0.272. The van der Waals surface area contributed by atoms with E-state index in [0.717, 1.165) is 17.0 Å². The average Bonchev–Trinajstić information content (AvgIpc) is 2.81. The van der Waals surface area contributed by atoms with Gasteiger partial charge in [-0.25, -0.2) is 5.43 Å². The lowest BCUT2D eigenvalue weighted by molar-refractivity contribution is -0.384. The summed E-state index contributed by atoms with van der Waals surface area (Å²) in [6.45, 7) is 6.76. The summed E-state index contributed by atoms with van der Waals surface area (Å²) in [6, 6.07) is 12.1. The normalized spacial score (nSPS) is 16.8. The summed E-state index contributed by atoms with van der Waals surface area (Å²) in [5, 5.41) is 32.0. The lowest BCUT2D eigenvalue weighted by Crippen LogP contribution is -2.49. The molecule has 1 aliphatic heterocycles. The minimum Gasteiger partial charge on any atom is -0.489 e. The van der Waals surface area contributed by atoms with Gasteiger partial charge in [0.15, 0.2) is 5.02 Å². The SMILES string of the molecule is CC1CC(=O)NN=C1c1ccc(NCC(C)(C)NCC(O)COc2cccc([N+](=O)[O-])c2Cl)cc1. The number of carbonyl (C=O) groups excluding carboxylic acids is 1. The Hall–Kier alpha value is -3.21. The van der Waals surface area contributed by atoms with Crippen LogP contribution in [0.2, 0.25) is 5.02 Å². The maximum absolute atomic E-state index is 11.4. The zero-order valence-corrected chi connectivity index (χ0v) is 20.6. The Balaban J connectivity index is 1.46. The summed E-state index contributed by atoms with van der Waals surface area (Å²) in [7, 11) is 0. The summed E-state index contributed by atoms with van der Waals surface area (Å²) in [5.74, 6) is 0.146. The number of hydrazone groups is 1. The van der Waals surface area contributed by atoms with Gasteiger partial charge in [-0.2, -0.15) is 5.10 Å². The fraction of sp³-hybridized carbons (Fsp3) is 0.417. The molecule has 1 aliphatic rings. The maximum Gasteiger partial charge on any atom is 0.291 e. The summed E-state index contributed by atoms with van der Waals surface area (Å²) in [4.78, 5) is 21.8. The number of anilines is 1. The molecule has 0 bridgehead atoms. The summed E-state index contributed by atoms with van der Waals surface area (Å²) in [5.41, 5.74) is 4.69. The molecular formula is C24H30ClN5O5. The molecule has 0 aromatic heterocycles. The number of hydrogen-bond donors (Lipinski definition) is 4. The number of amides is 1. The topological polar surface area (TPSA) is 138 Å². The number of β-amino-alcohol motifs (C(OH)–C–C–N with tert-alkyl or cyclic N) is 1. The van der Waals surface area contributed by atoms with Crippen molar-refractivity contribution >= 4 is 34.6 Å². The Morgan fingerprint density at radius 3 is 2.69 bits per heavy atom. The second kappa shape index (κ2) is 11.5. The highest BCUT2D eigenvalue weighted by molar-refractivity contribution is 6.34. The number of halogens is 1. The largest absolute Gasteiger partial charge is 0.489 e. The Bertz CT molecular complexity index is 1090. The molecule has 10 nitrogen and oxygen atoms in total. The molecule has 1 heterocycles. The number of aliphatic hydroxyl groups excluding tert-OH is 1. The van der Waals surface area contributed by atoms with Crippen LogP contribution in [0.4, 0.5) is 11.4 Å². The summed E-state index contributed by atoms with van der Waals surface area (Å²) >= 11 is 6.01. The molecular weight excluding hydrogens is 474 g/mol. The van der Waals surface area contributed by atoms with E-state index in [2.05, 4.69) is 21.2 Å². The number of ether oxygens (including phenoxy) is 1. The Labute approximate surface area is 208 Å². The van der Waals surface area contributed by atoms with Crippen molar-refractivity contribution < 1.29 is 19.6 Å². The molecule has 0 saturated carbocycles. The second-order valence-electron chi connectivity index (χ2n) is 9.14. The van der Waals surface area contributed by atoms with Crippen molar-refractivity contribution in [1.29, 1.82) is 0 Å². The number of nitrogens with zero attached hydrogens (tertiary/aromatic N) is 2. The molecule has 3 rings (SSSR count). The number of nitro groups is 1. The average molecular weight is 504 g/mol. The van der Waals surface area contributed by atoms with Crippen molar-refractivity contribution in [3.05, 3.63) is 63.2 Å². The van der Waals surface area contributed by atoms with E-state index >= 15 is 0 Å². The number of carbonyl (C=O) groups is 1. The summed E-state index contributed by atoms with van der Waals surface area (Å²) < 4.78 is 5.48. The van der Waals surface area contributed by atoms with Crippen molar-refractivity contribution in [3.8, 4) is 5.75 Å². The lowest BCUT2D eigenvalue weighted by atomic mass is 9.94. The number of hydrogen-bond acceptors (Lipinski definition) is 8. The van der Waals surface area contributed by atoms with Gasteiger partial charge in [0.25, 0.3) is 5.69 Å². The molecule has 0 aliphatic carbocycles. The Kier molecular flexibility index (Phi) is 8.66. The number of nitro benzene ring substituents is 1. The molecule has 0 radical (unpaired) electrons. The van der Waals surface area contributed by atoms with E-state index < -0.39 is 11.0 Å². The van der Waals surface area contributed by atoms with E-state index in [9.17, 15) is 20.0 Å². The molecule has 2 atom stereocenters. The van der Waals surface area contributed by atoms with Gasteiger partial charge in [0.1, 0.15) is 18.5 Å². The standard InChI is InChI=1S/C24H30ClN5O5/c1-15-11-21(32)28-29-23(15)16-7-9-17(10-8-16)26-14-24(2,3)27-12-18(31)13-35-20-6-4-5-19(22(20)25)30(33)34/h4-10,15,18,26-27,31H,11-14H2,1-3H3,(H,28,32). The van der Waals surface area contributed by atoms with E-state index in [1.165, 1.54) is 18.2 Å². The van der Waals surface area contributed by atoms with Crippen LogP contribution >= 0.6 is 11.6 Å². The Morgan fingerprint density at radius 1 is 1.31 bits per heavy atom. The van der Waals surface area contributed by atoms with Gasteiger partial charge in [-0.15, -0.1) is 0 Å².